The third kappa shape index (κ3) is 5.08. The van der Waals surface area contributed by atoms with Crippen molar-refractivity contribution in [2.24, 2.45) is 0 Å². The highest BCUT2D eigenvalue weighted by Gasteiger charge is 2.30. The Morgan fingerprint density at radius 3 is 2.61 bits per heavy atom. The van der Waals surface area contributed by atoms with Crippen LogP contribution in [0.3, 0.4) is 0 Å². The van der Waals surface area contributed by atoms with Crippen molar-refractivity contribution in [3.05, 3.63) is 45.5 Å². The molecule has 9 heteroatoms. The minimum Gasteiger partial charge on any atom is -0.502 e. The summed E-state index contributed by atoms with van der Waals surface area (Å²) in [4.78, 5) is 27.1. The van der Waals surface area contributed by atoms with Crippen LogP contribution in [0.1, 0.15) is 48.7 Å². The third-order valence-corrected chi connectivity index (χ3v) is 6.00. The lowest BCUT2D eigenvalue weighted by molar-refractivity contribution is -0.140. The minimum absolute atomic E-state index is 0.0126. The molecule has 1 aromatic carbocycles. The van der Waals surface area contributed by atoms with E-state index in [1.807, 2.05) is 0 Å². The van der Waals surface area contributed by atoms with Gasteiger partial charge in [-0.05, 0) is 43.6 Å². The second-order valence-corrected chi connectivity index (χ2v) is 8.21. The van der Waals surface area contributed by atoms with Crippen LogP contribution in [0.5, 0.6) is 23.0 Å². The van der Waals surface area contributed by atoms with Gasteiger partial charge in [-0.2, -0.15) is 0 Å². The highest BCUT2D eigenvalue weighted by molar-refractivity contribution is 5.71. The van der Waals surface area contributed by atoms with Crippen molar-refractivity contribution in [3.63, 3.8) is 0 Å². The Bertz CT molecular complexity index is 1040. The molecule has 0 bridgehead atoms. The Morgan fingerprint density at radius 2 is 1.88 bits per heavy atom. The number of esters is 1. The normalized spacial score (nSPS) is 16.8. The number of hydrogen-bond acceptors (Lipinski definition) is 9. The van der Waals surface area contributed by atoms with Crippen LogP contribution >= 0.6 is 0 Å². The summed E-state index contributed by atoms with van der Waals surface area (Å²) in [5, 5.41) is 10.7. The molecule has 1 atom stereocenters. The largest absolute Gasteiger partial charge is 0.502 e. The predicted molar refractivity (Wildman–Crippen MR) is 118 cm³/mol. The van der Waals surface area contributed by atoms with Gasteiger partial charge in [-0.25, -0.2) is 0 Å². The summed E-state index contributed by atoms with van der Waals surface area (Å²) in [5.74, 6) is -0.0459. The van der Waals surface area contributed by atoms with Crippen LogP contribution in [0.25, 0.3) is 0 Å². The van der Waals surface area contributed by atoms with Gasteiger partial charge in [0.25, 0.3) is 0 Å². The van der Waals surface area contributed by atoms with Crippen LogP contribution in [-0.4, -0.2) is 56.5 Å². The summed E-state index contributed by atoms with van der Waals surface area (Å²) in [6.07, 6.45) is 3.23. The monoisotopic (exact) mass is 459 g/mol. The van der Waals surface area contributed by atoms with Crippen LogP contribution in [0.4, 0.5) is 0 Å². The highest BCUT2D eigenvalue weighted by Crippen LogP contribution is 2.44. The molecule has 0 saturated carbocycles. The lowest BCUT2D eigenvalue weighted by atomic mass is 9.91. The fourth-order valence-corrected chi connectivity index (χ4v) is 4.31. The molecule has 1 saturated heterocycles. The summed E-state index contributed by atoms with van der Waals surface area (Å²) in [6.45, 7) is 3.06. The number of ether oxygens (including phenoxy) is 4. The van der Waals surface area contributed by atoms with Crippen molar-refractivity contribution in [3.8, 4) is 23.0 Å². The number of carbonyl (C=O) groups excluding carboxylic acids is 1. The first-order valence-corrected chi connectivity index (χ1v) is 11.1. The number of benzene rings is 1. The Labute approximate surface area is 191 Å². The molecule has 33 heavy (non-hydrogen) atoms. The average Bonchev–Trinajstić information content (AvgIpc) is 2.84. The van der Waals surface area contributed by atoms with Gasteiger partial charge in [-0.3, -0.25) is 14.5 Å². The molecule has 2 aliphatic rings. The zero-order chi connectivity index (χ0) is 23.4. The molecule has 2 aromatic rings. The molecule has 1 N–H and O–H groups in total. The van der Waals surface area contributed by atoms with Crippen molar-refractivity contribution in [1.82, 2.24) is 4.90 Å². The van der Waals surface area contributed by atoms with E-state index in [-0.39, 0.29) is 12.2 Å². The Morgan fingerprint density at radius 1 is 1.12 bits per heavy atom. The molecule has 2 aliphatic heterocycles. The molecule has 4 rings (SSSR count). The number of rotatable bonds is 7. The van der Waals surface area contributed by atoms with E-state index >= 15 is 0 Å². The number of aromatic hydroxyl groups is 1. The maximum absolute atomic E-state index is 12.6. The molecular formula is C24H29NO8. The number of fused-ring (bicyclic) bond motifs is 1. The fourth-order valence-electron chi connectivity index (χ4n) is 4.31. The molecule has 9 nitrogen and oxygen atoms in total. The fraction of sp³-hybridized carbons (Fsp3) is 0.500. The van der Waals surface area contributed by atoms with E-state index < -0.39 is 23.1 Å². The first-order valence-electron chi connectivity index (χ1n) is 11.1. The molecule has 178 valence electrons. The number of methoxy groups -OCH3 is 2. The first kappa shape index (κ1) is 23.0. The molecule has 0 radical (unpaired) electrons. The van der Waals surface area contributed by atoms with Crippen molar-refractivity contribution in [2.45, 2.75) is 38.1 Å². The Balaban J connectivity index is 1.77. The summed E-state index contributed by atoms with van der Waals surface area (Å²) >= 11 is 0. The third-order valence-electron chi connectivity index (χ3n) is 6.00. The van der Waals surface area contributed by atoms with E-state index in [0.29, 0.717) is 48.3 Å². The average molecular weight is 459 g/mol. The van der Waals surface area contributed by atoms with E-state index in [0.717, 1.165) is 25.9 Å². The molecule has 0 spiro atoms. The molecule has 0 unspecified atom stereocenters. The van der Waals surface area contributed by atoms with Crippen molar-refractivity contribution < 1.29 is 33.3 Å². The highest BCUT2D eigenvalue weighted by atomic mass is 16.6. The zero-order valence-electron chi connectivity index (χ0n) is 18.9. The van der Waals surface area contributed by atoms with Crippen LogP contribution in [-0.2, 0) is 16.1 Å². The van der Waals surface area contributed by atoms with Crippen molar-refractivity contribution in [2.75, 3.05) is 40.5 Å². The van der Waals surface area contributed by atoms with Crippen LogP contribution < -0.4 is 19.6 Å². The molecular weight excluding hydrogens is 430 g/mol. The van der Waals surface area contributed by atoms with Gasteiger partial charge in [0.15, 0.2) is 17.3 Å². The number of likely N-dealkylation sites (tertiary alicyclic amines) is 1. The van der Waals surface area contributed by atoms with Gasteiger partial charge >= 0.3 is 5.97 Å². The molecule has 0 aliphatic carbocycles. The summed E-state index contributed by atoms with van der Waals surface area (Å²) in [5.41, 5.74) is 0.0118. The second-order valence-electron chi connectivity index (χ2n) is 8.21. The van der Waals surface area contributed by atoms with E-state index in [9.17, 15) is 14.7 Å². The van der Waals surface area contributed by atoms with Crippen molar-refractivity contribution >= 4 is 5.97 Å². The van der Waals surface area contributed by atoms with E-state index in [1.165, 1.54) is 26.7 Å². The van der Waals surface area contributed by atoms with Crippen molar-refractivity contribution in [1.29, 1.82) is 0 Å². The number of piperidine rings is 1. The number of nitrogens with zero attached hydrogens (tertiary/aromatic N) is 1. The standard InChI is InChI=1S/C24H29NO8/c1-29-19-10-15(11-20-24(19)32-9-8-31-20)17(13-21(27)30-2)23-22(28)18(26)12-16(33-23)14-25-6-4-3-5-7-25/h10-12,17,28H,3-9,13-14H2,1-2H3/t17-/m0/s1. The lowest BCUT2D eigenvalue weighted by Crippen LogP contribution is -2.29. The zero-order valence-corrected chi connectivity index (χ0v) is 18.9. The topological polar surface area (TPSA) is 108 Å². The predicted octanol–water partition coefficient (Wildman–Crippen LogP) is 2.81. The van der Waals surface area contributed by atoms with Gasteiger partial charge < -0.3 is 28.5 Å². The quantitative estimate of drug-likeness (QED) is 0.625. The molecule has 1 fully saturated rings. The van der Waals surface area contributed by atoms with E-state index in [2.05, 4.69) is 4.90 Å². The lowest BCUT2D eigenvalue weighted by Gasteiger charge is -2.26. The SMILES string of the molecule is COC(=O)C[C@@H](c1cc(OC)c2c(c1)OCCO2)c1oc(CN2CCCCC2)cc(=O)c1O. The van der Waals surface area contributed by atoms with E-state index in [4.69, 9.17) is 23.4 Å². The van der Waals surface area contributed by atoms with E-state index in [1.54, 1.807) is 12.1 Å². The summed E-state index contributed by atoms with van der Waals surface area (Å²) < 4.78 is 27.8. The van der Waals surface area contributed by atoms with Gasteiger partial charge in [0.1, 0.15) is 19.0 Å². The molecule has 3 heterocycles. The first-order chi connectivity index (χ1) is 16.0. The smallest absolute Gasteiger partial charge is 0.306 e. The van der Waals surface area contributed by atoms with Gasteiger partial charge in [-0.15, -0.1) is 0 Å². The summed E-state index contributed by atoms with van der Waals surface area (Å²) in [7, 11) is 2.79. The minimum atomic E-state index is -0.795. The summed E-state index contributed by atoms with van der Waals surface area (Å²) in [6, 6.07) is 4.71. The van der Waals surface area contributed by atoms with Crippen LogP contribution in [0.15, 0.2) is 27.4 Å². The molecule has 1 aromatic heterocycles. The maximum Gasteiger partial charge on any atom is 0.306 e. The number of carbonyl (C=O) groups is 1. The van der Waals surface area contributed by atoms with Crippen LogP contribution in [0, 0.1) is 0 Å². The molecule has 0 amide bonds. The number of hydrogen-bond donors (Lipinski definition) is 1. The Kier molecular flexibility index (Phi) is 7.08. The van der Waals surface area contributed by atoms with Gasteiger partial charge in [-0.1, -0.05) is 6.42 Å². The second kappa shape index (κ2) is 10.2. The maximum atomic E-state index is 12.6. The van der Waals surface area contributed by atoms with Gasteiger partial charge in [0, 0.05) is 6.07 Å². The van der Waals surface area contributed by atoms with Gasteiger partial charge in [0.2, 0.25) is 16.9 Å². The Hall–Kier alpha value is -3.20. The van der Waals surface area contributed by atoms with Gasteiger partial charge in [0.05, 0.1) is 33.1 Å². The van der Waals surface area contributed by atoms with Crippen LogP contribution in [0.2, 0.25) is 0 Å².